The Morgan fingerprint density at radius 2 is 1.74 bits per heavy atom. The van der Waals surface area contributed by atoms with Crippen molar-refractivity contribution in [2.24, 2.45) is 4.99 Å². The van der Waals surface area contributed by atoms with E-state index in [9.17, 15) is 13.2 Å². The molecule has 0 atom stereocenters. The third kappa shape index (κ3) is 3.73. The molecule has 0 aliphatic heterocycles. The van der Waals surface area contributed by atoms with E-state index in [0.717, 1.165) is 23.4 Å². The minimum atomic E-state index is -0.740. The molecule has 4 aromatic rings. The van der Waals surface area contributed by atoms with Crippen LogP contribution in [0.3, 0.4) is 0 Å². The van der Waals surface area contributed by atoms with E-state index in [4.69, 9.17) is 4.42 Å². The van der Waals surface area contributed by atoms with Crippen LogP contribution in [-0.4, -0.2) is 4.57 Å². The Labute approximate surface area is 156 Å². The summed E-state index contributed by atoms with van der Waals surface area (Å²) in [6.45, 7) is 0.390. The predicted octanol–water partition coefficient (Wildman–Crippen LogP) is 5.51. The van der Waals surface area contributed by atoms with Gasteiger partial charge in [-0.15, -0.1) is 11.3 Å². The SMILES string of the molecule is Fc1ccc(Cn2c(-c3ccco3)csc2=Nc2ccc(F)cc2F)cc1. The first kappa shape index (κ1) is 17.4. The van der Waals surface area contributed by atoms with Crippen LogP contribution in [0.5, 0.6) is 0 Å². The molecule has 27 heavy (non-hydrogen) atoms. The van der Waals surface area contributed by atoms with Gasteiger partial charge < -0.3 is 8.98 Å². The molecule has 0 radical (unpaired) electrons. The Kier molecular flexibility index (Phi) is 4.68. The first-order valence-corrected chi connectivity index (χ1v) is 8.94. The lowest BCUT2D eigenvalue weighted by Gasteiger charge is -2.08. The maximum atomic E-state index is 14.0. The number of halogens is 3. The van der Waals surface area contributed by atoms with Crippen molar-refractivity contribution >= 4 is 17.0 Å². The van der Waals surface area contributed by atoms with Gasteiger partial charge in [-0.25, -0.2) is 18.2 Å². The highest BCUT2D eigenvalue weighted by Crippen LogP contribution is 2.23. The Morgan fingerprint density at radius 3 is 2.44 bits per heavy atom. The summed E-state index contributed by atoms with van der Waals surface area (Å²) in [7, 11) is 0. The Hall–Kier alpha value is -3.06. The zero-order chi connectivity index (χ0) is 18.8. The van der Waals surface area contributed by atoms with Crippen molar-refractivity contribution in [1.29, 1.82) is 0 Å². The predicted molar refractivity (Wildman–Crippen MR) is 97.1 cm³/mol. The first-order chi connectivity index (χ1) is 13.1. The van der Waals surface area contributed by atoms with Gasteiger partial charge >= 0.3 is 0 Å². The van der Waals surface area contributed by atoms with E-state index in [1.54, 1.807) is 24.5 Å². The summed E-state index contributed by atoms with van der Waals surface area (Å²) < 4.78 is 47.7. The van der Waals surface area contributed by atoms with Crippen molar-refractivity contribution in [2.75, 3.05) is 0 Å². The highest BCUT2D eigenvalue weighted by Gasteiger charge is 2.12. The molecule has 0 saturated heterocycles. The van der Waals surface area contributed by atoms with Crippen molar-refractivity contribution in [2.45, 2.75) is 6.54 Å². The molecule has 4 rings (SSSR count). The molecule has 0 unspecified atom stereocenters. The second-order valence-corrected chi connectivity index (χ2v) is 6.64. The summed E-state index contributed by atoms with van der Waals surface area (Å²) in [6, 6.07) is 12.9. The number of benzene rings is 2. The van der Waals surface area contributed by atoms with Crippen LogP contribution in [-0.2, 0) is 6.54 Å². The molecule has 0 amide bonds. The molecule has 2 aromatic heterocycles. The van der Waals surface area contributed by atoms with Gasteiger partial charge in [-0.3, -0.25) is 0 Å². The van der Waals surface area contributed by atoms with Crippen molar-refractivity contribution in [3.8, 4) is 11.5 Å². The summed E-state index contributed by atoms with van der Waals surface area (Å²) in [5.41, 5.74) is 1.65. The number of hydrogen-bond acceptors (Lipinski definition) is 3. The van der Waals surface area contributed by atoms with Gasteiger partial charge in [0.25, 0.3) is 0 Å². The number of thiazole rings is 1. The molecule has 3 nitrogen and oxygen atoms in total. The van der Waals surface area contributed by atoms with E-state index in [1.807, 2.05) is 16.0 Å². The minimum absolute atomic E-state index is 0.0390. The van der Waals surface area contributed by atoms with Crippen molar-refractivity contribution in [3.05, 3.63) is 94.1 Å². The molecular formula is C20H13F3N2OS. The summed E-state index contributed by atoms with van der Waals surface area (Å²) in [4.78, 5) is 4.86. The van der Waals surface area contributed by atoms with E-state index in [-0.39, 0.29) is 11.5 Å². The van der Waals surface area contributed by atoms with Crippen molar-refractivity contribution < 1.29 is 17.6 Å². The standard InChI is InChI=1S/C20H13F3N2OS/c21-14-5-3-13(4-6-14)11-25-18(19-2-1-9-26-19)12-27-20(25)24-17-8-7-15(22)10-16(17)23/h1-10,12H,11H2. The van der Waals surface area contributed by atoms with Crippen LogP contribution >= 0.6 is 11.3 Å². The fraction of sp³-hybridized carbons (Fsp3) is 0.0500. The molecular weight excluding hydrogens is 373 g/mol. The van der Waals surface area contributed by atoms with Gasteiger partial charge in [-0.1, -0.05) is 12.1 Å². The van der Waals surface area contributed by atoms with Crippen LogP contribution in [0.2, 0.25) is 0 Å². The summed E-state index contributed by atoms with van der Waals surface area (Å²) >= 11 is 1.31. The molecule has 0 fully saturated rings. The first-order valence-electron chi connectivity index (χ1n) is 8.06. The molecule has 0 saturated carbocycles. The highest BCUT2D eigenvalue weighted by atomic mass is 32.1. The van der Waals surface area contributed by atoms with Gasteiger partial charge in [0.1, 0.15) is 17.3 Å². The van der Waals surface area contributed by atoms with Crippen LogP contribution < -0.4 is 4.80 Å². The van der Waals surface area contributed by atoms with E-state index in [1.165, 1.54) is 29.5 Å². The fourth-order valence-electron chi connectivity index (χ4n) is 2.64. The van der Waals surface area contributed by atoms with Gasteiger partial charge in [0, 0.05) is 11.4 Å². The summed E-state index contributed by atoms with van der Waals surface area (Å²) in [5, 5.41) is 1.85. The fourth-order valence-corrected chi connectivity index (χ4v) is 3.54. The molecule has 0 N–H and O–H groups in total. The maximum absolute atomic E-state index is 14.0. The van der Waals surface area contributed by atoms with E-state index >= 15 is 0 Å². The smallest absolute Gasteiger partial charge is 0.190 e. The minimum Gasteiger partial charge on any atom is -0.463 e. The largest absolute Gasteiger partial charge is 0.463 e. The Balaban J connectivity index is 1.84. The summed E-state index contributed by atoms with van der Waals surface area (Å²) in [6.07, 6.45) is 1.56. The molecule has 7 heteroatoms. The highest BCUT2D eigenvalue weighted by molar-refractivity contribution is 7.07. The maximum Gasteiger partial charge on any atom is 0.190 e. The molecule has 0 spiro atoms. The van der Waals surface area contributed by atoms with E-state index in [2.05, 4.69) is 4.99 Å². The van der Waals surface area contributed by atoms with Crippen LogP contribution in [0.1, 0.15) is 5.56 Å². The topological polar surface area (TPSA) is 30.4 Å². The average molecular weight is 386 g/mol. The van der Waals surface area contributed by atoms with Crippen molar-refractivity contribution in [3.63, 3.8) is 0 Å². The van der Waals surface area contributed by atoms with Gasteiger partial charge in [-0.05, 0) is 42.0 Å². The van der Waals surface area contributed by atoms with Crippen LogP contribution in [0.15, 0.2) is 75.7 Å². The van der Waals surface area contributed by atoms with E-state index in [0.29, 0.717) is 17.1 Å². The van der Waals surface area contributed by atoms with Gasteiger partial charge in [0.05, 0.1) is 18.5 Å². The van der Waals surface area contributed by atoms with Gasteiger partial charge in [-0.2, -0.15) is 0 Å². The lowest BCUT2D eigenvalue weighted by atomic mass is 10.2. The third-order valence-electron chi connectivity index (χ3n) is 3.95. The van der Waals surface area contributed by atoms with Gasteiger partial charge in [0.15, 0.2) is 16.4 Å². The zero-order valence-electron chi connectivity index (χ0n) is 13.9. The van der Waals surface area contributed by atoms with E-state index < -0.39 is 11.6 Å². The lowest BCUT2D eigenvalue weighted by Crippen LogP contribution is -2.16. The Bertz CT molecular complexity index is 1130. The molecule has 0 bridgehead atoms. The number of aromatic nitrogens is 1. The molecule has 136 valence electrons. The monoisotopic (exact) mass is 386 g/mol. The van der Waals surface area contributed by atoms with Crippen molar-refractivity contribution in [1.82, 2.24) is 4.57 Å². The van der Waals surface area contributed by atoms with Gasteiger partial charge in [0.2, 0.25) is 0 Å². The second kappa shape index (κ2) is 7.28. The molecule has 2 heterocycles. The number of rotatable bonds is 4. The normalized spacial score (nSPS) is 11.9. The third-order valence-corrected chi connectivity index (χ3v) is 4.81. The molecule has 0 aliphatic rings. The second-order valence-electron chi connectivity index (χ2n) is 5.80. The number of furan rings is 1. The van der Waals surface area contributed by atoms with Crippen LogP contribution in [0.25, 0.3) is 11.5 Å². The van der Waals surface area contributed by atoms with Crippen LogP contribution in [0.4, 0.5) is 18.9 Å². The van der Waals surface area contributed by atoms with Crippen LogP contribution in [0, 0.1) is 17.5 Å². The lowest BCUT2D eigenvalue weighted by molar-refractivity contribution is 0.573. The number of hydrogen-bond donors (Lipinski definition) is 0. The summed E-state index contributed by atoms with van der Waals surface area (Å²) in [5.74, 6) is -1.09. The zero-order valence-corrected chi connectivity index (χ0v) is 14.7. The molecule has 2 aromatic carbocycles. The average Bonchev–Trinajstić information content (AvgIpc) is 3.30. The Morgan fingerprint density at radius 1 is 0.963 bits per heavy atom. The molecule has 0 aliphatic carbocycles. The quantitative estimate of drug-likeness (QED) is 0.455. The number of nitrogens with zero attached hydrogens (tertiary/aromatic N) is 2.